The van der Waals surface area contributed by atoms with Crippen molar-refractivity contribution in [2.24, 2.45) is 5.41 Å². The van der Waals surface area contributed by atoms with Crippen LogP contribution in [0.4, 0.5) is 9.18 Å². The van der Waals surface area contributed by atoms with E-state index in [4.69, 9.17) is 4.74 Å². The summed E-state index contributed by atoms with van der Waals surface area (Å²) in [6, 6.07) is 18.2. The average Bonchev–Trinajstić information content (AvgIpc) is 2.67. The van der Waals surface area contributed by atoms with Crippen LogP contribution in [-0.2, 0) is 17.8 Å². The molecule has 1 aliphatic rings. The first-order valence-corrected chi connectivity index (χ1v) is 9.14. The molecule has 0 radical (unpaired) electrons. The van der Waals surface area contributed by atoms with Gasteiger partial charge in [0.15, 0.2) is 0 Å². The Bertz CT molecular complexity index is 834. The quantitative estimate of drug-likeness (QED) is 0.788. The molecule has 1 fully saturated rings. The number of amides is 1. The molecule has 2 aromatic carbocycles. The molecular weight excluding hydrogens is 343 g/mol. The molecule has 0 bridgehead atoms. The number of likely N-dealkylation sites (tertiary alicyclic amines) is 1. The summed E-state index contributed by atoms with van der Waals surface area (Å²) in [7, 11) is 0. The summed E-state index contributed by atoms with van der Waals surface area (Å²) in [4.78, 5) is 14.1. The summed E-state index contributed by atoms with van der Waals surface area (Å²) in [6.45, 7) is 2.62. The lowest BCUT2D eigenvalue weighted by atomic mass is 9.73. The molecule has 1 aliphatic heterocycles. The number of nitrogens with zero attached hydrogens (tertiary/aromatic N) is 2. The zero-order valence-electron chi connectivity index (χ0n) is 15.4. The minimum atomic E-state index is -0.594. The largest absolute Gasteiger partial charge is 0.445 e. The van der Waals surface area contributed by atoms with Crippen LogP contribution in [-0.4, -0.2) is 23.6 Å². The lowest BCUT2D eigenvalue weighted by Crippen LogP contribution is -2.49. The maximum Gasteiger partial charge on any atom is 0.410 e. The molecule has 2 atom stereocenters. The van der Waals surface area contributed by atoms with E-state index >= 15 is 0 Å². The van der Waals surface area contributed by atoms with Gasteiger partial charge in [0.1, 0.15) is 12.4 Å². The van der Waals surface area contributed by atoms with Gasteiger partial charge in [0.2, 0.25) is 0 Å². The van der Waals surface area contributed by atoms with Crippen LogP contribution in [0.15, 0.2) is 54.6 Å². The predicted octanol–water partition coefficient (Wildman–Crippen LogP) is 4.70. The molecule has 3 rings (SSSR count). The second-order valence-electron chi connectivity index (χ2n) is 7.24. The molecule has 140 valence electrons. The molecule has 0 aliphatic carbocycles. The fourth-order valence-electron chi connectivity index (χ4n) is 3.75. The Hall–Kier alpha value is -2.87. The number of rotatable bonds is 4. The number of hydrogen-bond donors (Lipinski definition) is 0. The summed E-state index contributed by atoms with van der Waals surface area (Å²) in [5.74, 6) is -0.296. The normalized spacial score (nSPS) is 22.1. The lowest BCUT2D eigenvalue weighted by Gasteiger charge is -2.41. The molecule has 5 heteroatoms. The predicted molar refractivity (Wildman–Crippen MR) is 100 cm³/mol. The van der Waals surface area contributed by atoms with Crippen molar-refractivity contribution in [2.75, 3.05) is 6.54 Å². The van der Waals surface area contributed by atoms with Crippen LogP contribution in [0.1, 0.15) is 30.9 Å². The highest BCUT2D eigenvalue weighted by molar-refractivity contribution is 5.68. The summed E-state index contributed by atoms with van der Waals surface area (Å²) < 4.78 is 18.9. The number of carbonyl (C=O) groups is 1. The zero-order valence-corrected chi connectivity index (χ0v) is 15.4. The highest BCUT2D eigenvalue weighted by Gasteiger charge is 2.40. The highest BCUT2D eigenvalue weighted by atomic mass is 19.1. The van der Waals surface area contributed by atoms with E-state index in [0.717, 1.165) is 11.1 Å². The van der Waals surface area contributed by atoms with Gasteiger partial charge in [-0.15, -0.1) is 0 Å². The Morgan fingerprint density at radius 2 is 2.00 bits per heavy atom. The number of hydrogen-bond acceptors (Lipinski definition) is 3. The van der Waals surface area contributed by atoms with Crippen LogP contribution in [0.5, 0.6) is 0 Å². The standard InChI is InChI=1S/C22H23FN2O2/c1-17-13-22(16-24,14-19-8-5-9-20(23)12-19)10-11-25(17)21(26)27-15-18-6-3-2-4-7-18/h2-9,12,17H,10-11,13-15H2,1H3/t17-,22+/m0/s1. The maximum absolute atomic E-state index is 13.5. The monoisotopic (exact) mass is 366 g/mol. The van der Waals surface area contributed by atoms with Gasteiger partial charge >= 0.3 is 6.09 Å². The van der Waals surface area contributed by atoms with Gasteiger partial charge in [-0.1, -0.05) is 42.5 Å². The average molecular weight is 366 g/mol. The fraction of sp³-hybridized carbons (Fsp3) is 0.364. The lowest BCUT2D eigenvalue weighted by molar-refractivity contribution is 0.0498. The van der Waals surface area contributed by atoms with Gasteiger partial charge in [-0.05, 0) is 49.4 Å². The third kappa shape index (κ3) is 4.65. The number of piperidine rings is 1. The number of benzene rings is 2. The number of carbonyl (C=O) groups excluding carboxylic acids is 1. The van der Waals surface area contributed by atoms with Crippen molar-refractivity contribution >= 4 is 6.09 Å². The van der Waals surface area contributed by atoms with E-state index in [9.17, 15) is 14.4 Å². The molecule has 27 heavy (non-hydrogen) atoms. The van der Waals surface area contributed by atoms with E-state index in [0.29, 0.717) is 25.8 Å². The molecule has 1 amide bonds. The second kappa shape index (κ2) is 8.22. The first-order valence-electron chi connectivity index (χ1n) is 9.14. The first-order chi connectivity index (χ1) is 13.0. The van der Waals surface area contributed by atoms with Gasteiger partial charge in [0.05, 0.1) is 11.5 Å². The van der Waals surface area contributed by atoms with Crippen molar-refractivity contribution in [3.63, 3.8) is 0 Å². The van der Waals surface area contributed by atoms with E-state index < -0.39 is 5.41 Å². The molecule has 4 nitrogen and oxygen atoms in total. The van der Waals surface area contributed by atoms with Crippen LogP contribution in [0.3, 0.4) is 0 Å². The molecule has 1 saturated heterocycles. The Balaban J connectivity index is 1.61. The van der Waals surface area contributed by atoms with Gasteiger partial charge < -0.3 is 9.64 Å². The molecule has 1 heterocycles. The third-order valence-electron chi connectivity index (χ3n) is 5.16. The SMILES string of the molecule is C[C@H]1C[C@@](C#N)(Cc2cccc(F)c2)CCN1C(=O)OCc1ccccc1. The summed E-state index contributed by atoms with van der Waals surface area (Å²) in [5.41, 5.74) is 1.15. The molecule has 0 unspecified atom stereocenters. The Morgan fingerprint density at radius 3 is 2.67 bits per heavy atom. The van der Waals surface area contributed by atoms with Crippen LogP contribution in [0, 0.1) is 22.6 Å². The van der Waals surface area contributed by atoms with Gasteiger partial charge in [-0.25, -0.2) is 9.18 Å². The molecule has 2 aromatic rings. The van der Waals surface area contributed by atoms with E-state index in [1.807, 2.05) is 43.3 Å². The van der Waals surface area contributed by atoms with Crippen LogP contribution < -0.4 is 0 Å². The Morgan fingerprint density at radius 1 is 1.26 bits per heavy atom. The van der Waals surface area contributed by atoms with Crippen molar-refractivity contribution < 1.29 is 13.9 Å². The van der Waals surface area contributed by atoms with Crippen molar-refractivity contribution in [3.05, 3.63) is 71.5 Å². The third-order valence-corrected chi connectivity index (χ3v) is 5.16. The minimum absolute atomic E-state index is 0.116. The first kappa shape index (κ1) is 18.9. The molecule has 0 spiro atoms. The topological polar surface area (TPSA) is 53.3 Å². The van der Waals surface area contributed by atoms with Gasteiger partial charge in [0.25, 0.3) is 0 Å². The van der Waals surface area contributed by atoms with Crippen LogP contribution in [0.25, 0.3) is 0 Å². The Kier molecular flexibility index (Phi) is 5.75. The summed E-state index contributed by atoms with van der Waals surface area (Å²) in [5, 5.41) is 9.79. The highest BCUT2D eigenvalue weighted by Crippen LogP contribution is 2.38. The fourth-order valence-corrected chi connectivity index (χ4v) is 3.75. The smallest absolute Gasteiger partial charge is 0.410 e. The van der Waals surface area contributed by atoms with Crippen molar-refractivity contribution in [3.8, 4) is 6.07 Å². The van der Waals surface area contributed by atoms with E-state index in [-0.39, 0.29) is 24.6 Å². The maximum atomic E-state index is 13.5. The summed E-state index contributed by atoms with van der Waals surface area (Å²) in [6.07, 6.45) is 1.22. The molecular formula is C22H23FN2O2. The van der Waals surface area contributed by atoms with E-state index in [2.05, 4.69) is 6.07 Å². The van der Waals surface area contributed by atoms with Crippen molar-refractivity contribution in [1.29, 1.82) is 5.26 Å². The minimum Gasteiger partial charge on any atom is -0.445 e. The van der Waals surface area contributed by atoms with Gasteiger partial charge in [-0.2, -0.15) is 5.26 Å². The van der Waals surface area contributed by atoms with E-state index in [1.54, 1.807) is 11.0 Å². The van der Waals surface area contributed by atoms with E-state index in [1.165, 1.54) is 12.1 Å². The number of ether oxygens (including phenoxy) is 1. The summed E-state index contributed by atoms with van der Waals surface area (Å²) >= 11 is 0. The molecule has 0 saturated carbocycles. The Labute approximate surface area is 159 Å². The van der Waals surface area contributed by atoms with Crippen molar-refractivity contribution in [2.45, 2.75) is 38.8 Å². The van der Waals surface area contributed by atoms with Crippen LogP contribution >= 0.6 is 0 Å². The number of halogens is 1. The molecule has 0 N–H and O–H groups in total. The van der Waals surface area contributed by atoms with Crippen LogP contribution in [0.2, 0.25) is 0 Å². The number of nitriles is 1. The van der Waals surface area contributed by atoms with Gasteiger partial charge in [-0.3, -0.25) is 0 Å². The van der Waals surface area contributed by atoms with Crippen molar-refractivity contribution in [1.82, 2.24) is 4.90 Å². The molecule has 0 aromatic heterocycles. The second-order valence-corrected chi connectivity index (χ2v) is 7.24. The zero-order chi connectivity index (χ0) is 19.3. The van der Waals surface area contributed by atoms with Gasteiger partial charge in [0, 0.05) is 12.6 Å².